The van der Waals surface area contributed by atoms with Gasteiger partial charge in [0.2, 0.25) is 5.91 Å². The van der Waals surface area contributed by atoms with Crippen LogP contribution in [0.4, 0.5) is 0 Å². The molecule has 3 nitrogen and oxygen atoms in total. The molecule has 1 aromatic carbocycles. The zero-order valence-electron chi connectivity index (χ0n) is 12.7. The highest BCUT2D eigenvalue weighted by molar-refractivity contribution is 6.42. The van der Waals surface area contributed by atoms with E-state index in [-0.39, 0.29) is 5.91 Å². The van der Waals surface area contributed by atoms with Gasteiger partial charge in [0.15, 0.2) is 0 Å². The van der Waals surface area contributed by atoms with Crippen LogP contribution in [0, 0.1) is 6.92 Å². The van der Waals surface area contributed by atoms with Crippen LogP contribution in [0.5, 0.6) is 0 Å². The molecule has 0 saturated carbocycles. The third-order valence-corrected chi connectivity index (χ3v) is 4.98. The van der Waals surface area contributed by atoms with Crippen molar-refractivity contribution in [1.82, 2.24) is 9.80 Å². The van der Waals surface area contributed by atoms with E-state index < -0.39 is 0 Å². The van der Waals surface area contributed by atoms with Crippen molar-refractivity contribution in [2.24, 2.45) is 0 Å². The average Bonchev–Trinajstić information content (AvgIpc) is 2.47. The Kier molecular flexibility index (Phi) is 5.91. The molecule has 1 aliphatic heterocycles. The highest BCUT2D eigenvalue weighted by Gasteiger charge is 2.18. The first-order valence-corrected chi connectivity index (χ1v) is 8.14. The second-order valence-corrected chi connectivity index (χ2v) is 6.50. The van der Waals surface area contributed by atoms with Crippen LogP contribution in [0.1, 0.15) is 30.4 Å². The van der Waals surface area contributed by atoms with Gasteiger partial charge in [-0.1, -0.05) is 35.3 Å². The van der Waals surface area contributed by atoms with Crippen molar-refractivity contribution in [3.05, 3.63) is 33.3 Å². The number of carbonyl (C=O) groups is 1. The van der Waals surface area contributed by atoms with Crippen molar-refractivity contribution < 1.29 is 4.79 Å². The van der Waals surface area contributed by atoms with E-state index in [1.165, 1.54) is 0 Å². The molecule has 0 N–H and O–H groups in total. The fourth-order valence-electron chi connectivity index (χ4n) is 2.57. The van der Waals surface area contributed by atoms with Gasteiger partial charge < -0.3 is 9.80 Å². The van der Waals surface area contributed by atoms with Crippen LogP contribution in [0.2, 0.25) is 10.0 Å². The first kappa shape index (κ1) is 16.6. The number of likely N-dealkylation sites (tertiary alicyclic amines) is 1. The molecule has 0 radical (unpaired) electrons. The van der Waals surface area contributed by atoms with Gasteiger partial charge in [0.1, 0.15) is 0 Å². The summed E-state index contributed by atoms with van der Waals surface area (Å²) in [6.45, 7) is 5.20. The van der Waals surface area contributed by atoms with Crippen LogP contribution in [0.15, 0.2) is 12.1 Å². The number of halogens is 2. The van der Waals surface area contributed by atoms with Gasteiger partial charge in [-0.15, -0.1) is 0 Å². The summed E-state index contributed by atoms with van der Waals surface area (Å²) in [5, 5.41) is 1.27. The van der Waals surface area contributed by atoms with E-state index in [0.717, 1.165) is 50.1 Å². The van der Waals surface area contributed by atoms with Crippen LogP contribution < -0.4 is 0 Å². The predicted octanol–water partition coefficient (Wildman–Crippen LogP) is 3.75. The van der Waals surface area contributed by atoms with E-state index in [9.17, 15) is 4.79 Å². The predicted molar refractivity (Wildman–Crippen MR) is 88.0 cm³/mol. The number of benzene rings is 1. The smallest absolute Gasteiger partial charge is 0.222 e. The Morgan fingerprint density at radius 1 is 1.24 bits per heavy atom. The van der Waals surface area contributed by atoms with Crippen molar-refractivity contribution in [2.75, 3.05) is 26.7 Å². The average molecular weight is 329 g/mol. The highest BCUT2D eigenvalue weighted by Crippen LogP contribution is 2.29. The molecule has 0 spiro atoms. The van der Waals surface area contributed by atoms with Crippen molar-refractivity contribution >= 4 is 29.1 Å². The number of aryl methyl sites for hydroxylation is 1. The standard InChI is InChI=1S/C16H22Cl2N2O/c1-12-6-7-13(16(18)15(12)17)11-19(2)9-10-20-8-4-3-5-14(20)21/h6-7H,3-5,8-11H2,1-2H3. The number of piperidine rings is 1. The second kappa shape index (κ2) is 7.48. The largest absolute Gasteiger partial charge is 0.341 e. The lowest BCUT2D eigenvalue weighted by molar-refractivity contribution is -0.133. The highest BCUT2D eigenvalue weighted by atomic mass is 35.5. The molecule has 1 heterocycles. The van der Waals surface area contributed by atoms with Gasteiger partial charge in [-0.05, 0) is 37.9 Å². The molecule has 0 unspecified atom stereocenters. The first-order valence-electron chi connectivity index (χ1n) is 7.39. The summed E-state index contributed by atoms with van der Waals surface area (Å²) < 4.78 is 0. The molecule has 5 heteroatoms. The Morgan fingerprint density at radius 3 is 2.71 bits per heavy atom. The van der Waals surface area contributed by atoms with Crippen LogP contribution in [0.3, 0.4) is 0 Å². The Bertz CT molecular complexity index is 519. The van der Waals surface area contributed by atoms with E-state index in [4.69, 9.17) is 23.2 Å². The quantitative estimate of drug-likeness (QED) is 0.821. The molecule has 1 aromatic rings. The summed E-state index contributed by atoms with van der Waals surface area (Å²) in [6.07, 6.45) is 2.85. The van der Waals surface area contributed by atoms with Gasteiger partial charge >= 0.3 is 0 Å². The van der Waals surface area contributed by atoms with Gasteiger partial charge in [-0.2, -0.15) is 0 Å². The molecule has 116 valence electrons. The van der Waals surface area contributed by atoms with Crippen LogP contribution in [0.25, 0.3) is 0 Å². The van der Waals surface area contributed by atoms with E-state index in [1.54, 1.807) is 0 Å². The number of hydrogen-bond donors (Lipinski definition) is 0. The monoisotopic (exact) mass is 328 g/mol. The fourth-order valence-corrected chi connectivity index (χ4v) is 3.02. The van der Waals surface area contributed by atoms with Crippen molar-refractivity contribution in [3.8, 4) is 0 Å². The van der Waals surface area contributed by atoms with E-state index >= 15 is 0 Å². The lowest BCUT2D eigenvalue weighted by Crippen LogP contribution is -2.40. The Balaban J connectivity index is 1.88. The molecular formula is C16H22Cl2N2O. The van der Waals surface area contributed by atoms with Crippen LogP contribution in [-0.2, 0) is 11.3 Å². The normalized spacial score (nSPS) is 15.9. The molecule has 0 atom stereocenters. The van der Waals surface area contributed by atoms with Gasteiger partial charge in [0.25, 0.3) is 0 Å². The molecule has 1 fully saturated rings. The number of likely N-dealkylation sites (N-methyl/N-ethyl adjacent to an activating group) is 1. The third kappa shape index (κ3) is 4.35. The Morgan fingerprint density at radius 2 is 2.00 bits per heavy atom. The van der Waals surface area contributed by atoms with Crippen LogP contribution in [-0.4, -0.2) is 42.4 Å². The molecule has 21 heavy (non-hydrogen) atoms. The minimum Gasteiger partial charge on any atom is -0.341 e. The summed E-state index contributed by atoms with van der Waals surface area (Å²) >= 11 is 12.5. The van der Waals surface area contributed by atoms with Crippen molar-refractivity contribution in [1.29, 1.82) is 0 Å². The number of rotatable bonds is 5. The maximum atomic E-state index is 11.8. The molecule has 2 rings (SSSR count). The topological polar surface area (TPSA) is 23.6 Å². The number of amides is 1. The maximum absolute atomic E-state index is 11.8. The fraction of sp³-hybridized carbons (Fsp3) is 0.562. The molecule has 0 aromatic heterocycles. The molecule has 0 bridgehead atoms. The summed E-state index contributed by atoms with van der Waals surface area (Å²) in [5.74, 6) is 0.283. The van der Waals surface area contributed by atoms with E-state index in [0.29, 0.717) is 16.5 Å². The second-order valence-electron chi connectivity index (χ2n) is 5.75. The zero-order valence-corrected chi connectivity index (χ0v) is 14.2. The SMILES string of the molecule is Cc1ccc(CN(C)CCN2CCCCC2=O)c(Cl)c1Cl. The van der Waals surface area contributed by atoms with Gasteiger partial charge in [-0.3, -0.25) is 4.79 Å². The van der Waals surface area contributed by atoms with E-state index in [2.05, 4.69) is 4.90 Å². The lowest BCUT2D eigenvalue weighted by Gasteiger charge is -2.29. The number of hydrogen-bond acceptors (Lipinski definition) is 2. The maximum Gasteiger partial charge on any atom is 0.222 e. The van der Waals surface area contributed by atoms with Crippen molar-refractivity contribution in [2.45, 2.75) is 32.7 Å². The minimum atomic E-state index is 0.283. The molecule has 0 aliphatic carbocycles. The summed E-state index contributed by atoms with van der Waals surface area (Å²) in [7, 11) is 2.04. The summed E-state index contributed by atoms with van der Waals surface area (Å²) in [6, 6.07) is 4.01. The van der Waals surface area contributed by atoms with Gasteiger partial charge in [0.05, 0.1) is 10.0 Å². The minimum absolute atomic E-state index is 0.283. The summed E-state index contributed by atoms with van der Waals surface area (Å²) in [4.78, 5) is 15.9. The Labute approximate surface area is 136 Å². The molecule has 1 saturated heterocycles. The van der Waals surface area contributed by atoms with Gasteiger partial charge in [0, 0.05) is 32.6 Å². The zero-order chi connectivity index (χ0) is 15.4. The molecule has 1 amide bonds. The molecular weight excluding hydrogens is 307 g/mol. The number of carbonyl (C=O) groups excluding carboxylic acids is 1. The van der Waals surface area contributed by atoms with Crippen LogP contribution >= 0.6 is 23.2 Å². The molecule has 1 aliphatic rings. The first-order chi connectivity index (χ1) is 9.99. The third-order valence-electron chi connectivity index (χ3n) is 3.97. The lowest BCUT2D eigenvalue weighted by atomic mass is 10.1. The summed E-state index contributed by atoms with van der Waals surface area (Å²) in [5.41, 5.74) is 2.02. The van der Waals surface area contributed by atoms with Crippen molar-refractivity contribution in [3.63, 3.8) is 0 Å². The van der Waals surface area contributed by atoms with E-state index in [1.807, 2.05) is 31.0 Å². The number of nitrogens with zero attached hydrogens (tertiary/aromatic N) is 2. The Hall–Kier alpha value is -0.770. The van der Waals surface area contributed by atoms with Gasteiger partial charge in [-0.25, -0.2) is 0 Å².